The average Bonchev–Trinajstić information content (AvgIpc) is 3.04. The number of nitrogens with zero attached hydrogens (tertiary/aromatic N) is 3. The van der Waals surface area contributed by atoms with Crippen molar-refractivity contribution in [3.05, 3.63) is 17.5 Å². The third-order valence-corrected chi connectivity index (χ3v) is 4.79. The lowest BCUT2D eigenvalue weighted by molar-refractivity contribution is 0.130. The quantitative estimate of drug-likeness (QED) is 0.840. The second kappa shape index (κ2) is 7.41. The monoisotopic (exact) mass is 292 g/mol. The van der Waals surface area contributed by atoms with Crippen molar-refractivity contribution in [1.29, 1.82) is 0 Å². The van der Waals surface area contributed by atoms with Crippen molar-refractivity contribution < 1.29 is 0 Å². The van der Waals surface area contributed by atoms with Crippen molar-refractivity contribution in [2.24, 2.45) is 18.7 Å². The Hall–Kier alpha value is -0.870. The Labute approximate surface area is 129 Å². The maximum Gasteiger partial charge on any atom is 0.0641 e. The molecule has 0 spiro atoms. The van der Waals surface area contributed by atoms with Crippen LogP contribution in [0.4, 0.5) is 0 Å². The second-order valence-electron chi connectivity index (χ2n) is 6.95. The van der Waals surface area contributed by atoms with E-state index in [2.05, 4.69) is 37.0 Å². The molecule has 0 bridgehead atoms. The third kappa shape index (κ3) is 4.07. The fraction of sp³-hybridized carbons (Fsp3) is 0.824. The Bertz CT molecular complexity index is 432. The second-order valence-corrected chi connectivity index (χ2v) is 6.95. The molecule has 4 nitrogen and oxygen atoms in total. The number of hydrogen-bond acceptors (Lipinski definition) is 3. The van der Waals surface area contributed by atoms with Gasteiger partial charge in [0.25, 0.3) is 0 Å². The predicted molar refractivity (Wildman–Crippen MR) is 88.2 cm³/mol. The normalized spacial score (nSPS) is 18.0. The van der Waals surface area contributed by atoms with Crippen LogP contribution in [0.5, 0.6) is 0 Å². The smallest absolute Gasteiger partial charge is 0.0641 e. The Morgan fingerprint density at radius 2 is 2.05 bits per heavy atom. The summed E-state index contributed by atoms with van der Waals surface area (Å²) in [6.45, 7) is 8.55. The van der Waals surface area contributed by atoms with Crippen LogP contribution in [0.2, 0.25) is 0 Å². The van der Waals surface area contributed by atoms with Crippen LogP contribution in [0.3, 0.4) is 0 Å². The van der Waals surface area contributed by atoms with Gasteiger partial charge in [0.2, 0.25) is 0 Å². The van der Waals surface area contributed by atoms with Gasteiger partial charge in [0.15, 0.2) is 0 Å². The number of nitrogens with two attached hydrogens (primary N) is 1. The molecule has 0 amide bonds. The molecule has 0 aliphatic heterocycles. The minimum absolute atomic E-state index is 0.320. The highest BCUT2D eigenvalue weighted by molar-refractivity contribution is 5.21. The average molecular weight is 292 g/mol. The zero-order chi connectivity index (χ0) is 15.4. The molecule has 1 unspecified atom stereocenters. The van der Waals surface area contributed by atoms with Gasteiger partial charge in [0.1, 0.15) is 0 Å². The molecule has 1 heterocycles. The summed E-state index contributed by atoms with van der Waals surface area (Å²) in [7, 11) is 2.00. The van der Waals surface area contributed by atoms with Crippen molar-refractivity contribution in [1.82, 2.24) is 14.7 Å². The molecule has 0 radical (unpaired) electrons. The highest BCUT2D eigenvalue weighted by Crippen LogP contribution is 2.32. The van der Waals surface area contributed by atoms with Gasteiger partial charge in [0.05, 0.1) is 11.7 Å². The fourth-order valence-electron chi connectivity index (χ4n) is 3.62. The largest absolute Gasteiger partial charge is 0.329 e. The first-order valence-electron chi connectivity index (χ1n) is 8.48. The van der Waals surface area contributed by atoms with E-state index in [-0.39, 0.29) is 0 Å². The van der Waals surface area contributed by atoms with Gasteiger partial charge < -0.3 is 5.73 Å². The summed E-state index contributed by atoms with van der Waals surface area (Å²) in [6, 6.07) is 1.03. The summed E-state index contributed by atoms with van der Waals surface area (Å²) in [5.74, 6) is 0.738. The lowest BCUT2D eigenvalue weighted by Gasteiger charge is -2.36. The van der Waals surface area contributed by atoms with Gasteiger partial charge >= 0.3 is 0 Å². The SMILES string of the molecule is Cc1nn(C)cc1C(CN)N(CCC(C)C)C1CCCC1. The Balaban J connectivity index is 2.20. The van der Waals surface area contributed by atoms with E-state index < -0.39 is 0 Å². The van der Waals surface area contributed by atoms with Crippen LogP contribution in [-0.2, 0) is 7.05 Å². The maximum atomic E-state index is 6.18. The Kier molecular flexibility index (Phi) is 5.82. The summed E-state index contributed by atoms with van der Waals surface area (Å²) in [6.07, 6.45) is 8.79. The van der Waals surface area contributed by atoms with Crippen molar-refractivity contribution in [3.8, 4) is 0 Å². The minimum atomic E-state index is 0.320. The van der Waals surface area contributed by atoms with Gasteiger partial charge in [0, 0.05) is 31.4 Å². The molecule has 2 rings (SSSR count). The Morgan fingerprint density at radius 1 is 1.38 bits per heavy atom. The Morgan fingerprint density at radius 3 is 2.52 bits per heavy atom. The van der Waals surface area contributed by atoms with E-state index in [1.165, 1.54) is 37.7 Å². The number of aromatic nitrogens is 2. The van der Waals surface area contributed by atoms with Gasteiger partial charge in [-0.2, -0.15) is 5.10 Å². The van der Waals surface area contributed by atoms with Gasteiger partial charge in [-0.25, -0.2) is 0 Å². The molecule has 1 saturated carbocycles. The van der Waals surface area contributed by atoms with E-state index in [0.29, 0.717) is 18.6 Å². The lowest BCUT2D eigenvalue weighted by Crippen LogP contribution is -2.41. The first-order valence-corrected chi connectivity index (χ1v) is 8.48. The molecule has 120 valence electrons. The topological polar surface area (TPSA) is 47.1 Å². The van der Waals surface area contributed by atoms with Crippen LogP contribution in [0, 0.1) is 12.8 Å². The molecule has 21 heavy (non-hydrogen) atoms. The maximum absolute atomic E-state index is 6.18. The summed E-state index contributed by atoms with van der Waals surface area (Å²) in [5.41, 5.74) is 8.62. The molecule has 0 aromatic carbocycles. The molecule has 1 aliphatic rings. The first-order chi connectivity index (χ1) is 10.0. The summed E-state index contributed by atoms with van der Waals surface area (Å²) in [5, 5.41) is 4.52. The number of rotatable bonds is 7. The molecule has 2 N–H and O–H groups in total. The first kappa shape index (κ1) is 16.5. The van der Waals surface area contributed by atoms with Crippen molar-refractivity contribution >= 4 is 0 Å². The molecule has 4 heteroatoms. The third-order valence-electron chi connectivity index (χ3n) is 4.79. The molecular weight excluding hydrogens is 260 g/mol. The van der Waals surface area contributed by atoms with E-state index in [9.17, 15) is 0 Å². The molecule has 1 atom stereocenters. The van der Waals surface area contributed by atoms with E-state index in [1.807, 2.05) is 11.7 Å². The number of hydrogen-bond donors (Lipinski definition) is 1. The van der Waals surface area contributed by atoms with E-state index in [4.69, 9.17) is 5.73 Å². The van der Waals surface area contributed by atoms with Crippen LogP contribution in [0.15, 0.2) is 6.20 Å². The zero-order valence-electron chi connectivity index (χ0n) is 14.2. The van der Waals surface area contributed by atoms with Gasteiger partial charge in [-0.15, -0.1) is 0 Å². The highest BCUT2D eigenvalue weighted by atomic mass is 15.3. The molecule has 0 saturated heterocycles. The van der Waals surface area contributed by atoms with Gasteiger partial charge in [-0.1, -0.05) is 26.7 Å². The van der Waals surface area contributed by atoms with Crippen molar-refractivity contribution in [2.45, 2.75) is 65.0 Å². The summed E-state index contributed by atoms with van der Waals surface area (Å²) >= 11 is 0. The predicted octanol–water partition coefficient (Wildman–Crippen LogP) is 3.02. The van der Waals surface area contributed by atoms with E-state index >= 15 is 0 Å². The van der Waals surface area contributed by atoms with Crippen LogP contribution >= 0.6 is 0 Å². The van der Waals surface area contributed by atoms with Crippen LogP contribution < -0.4 is 5.73 Å². The molecule has 1 aromatic rings. The summed E-state index contributed by atoms with van der Waals surface area (Å²) < 4.78 is 1.92. The van der Waals surface area contributed by atoms with Gasteiger partial charge in [-0.05, 0) is 38.6 Å². The van der Waals surface area contributed by atoms with Crippen molar-refractivity contribution in [2.75, 3.05) is 13.1 Å². The van der Waals surface area contributed by atoms with Crippen molar-refractivity contribution in [3.63, 3.8) is 0 Å². The molecule has 1 aromatic heterocycles. The molecule has 1 aliphatic carbocycles. The summed E-state index contributed by atoms with van der Waals surface area (Å²) in [4.78, 5) is 2.68. The lowest BCUT2D eigenvalue weighted by atomic mass is 10.0. The van der Waals surface area contributed by atoms with E-state index in [0.717, 1.165) is 18.2 Å². The molecule has 1 fully saturated rings. The standard InChI is InChI=1S/C17H32N4/c1-13(2)9-10-21(15-7-5-6-8-15)17(11-18)16-12-20(4)19-14(16)3/h12-13,15,17H,5-11,18H2,1-4H3. The zero-order valence-corrected chi connectivity index (χ0v) is 14.2. The molecular formula is C17H32N4. The van der Waals surface area contributed by atoms with Crippen LogP contribution in [0.25, 0.3) is 0 Å². The highest BCUT2D eigenvalue weighted by Gasteiger charge is 2.30. The van der Waals surface area contributed by atoms with Crippen LogP contribution in [0.1, 0.15) is 63.3 Å². The van der Waals surface area contributed by atoms with Gasteiger partial charge in [-0.3, -0.25) is 9.58 Å². The minimum Gasteiger partial charge on any atom is -0.329 e. The fourth-order valence-corrected chi connectivity index (χ4v) is 3.62. The number of aryl methyl sites for hydroxylation is 2. The van der Waals surface area contributed by atoms with E-state index in [1.54, 1.807) is 0 Å². The van der Waals surface area contributed by atoms with Crippen LogP contribution in [-0.4, -0.2) is 33.8 Å².